The molecule has 0 radical (unpaired) electrons. The van der Waals surface area contributed by atoms with Crippen molar-refractivity contribution >= 4 is 17.2 Å². The van der Waals surface area contributed by atoms with E-state index in [0.29, 0.717) is 32.4 Å². The Balaban J connectivity index is 1.57. The fourth-order valence-corrected chi connectivity index (χ4v) is 4.43. The van der Waals surface area contributed by atoms with Crippen LogP contribution in [-0.2, 0) is 23.4 Å². The molecule has 3 rings (SSSR count). The Hall–Kier alpha value is -1.76. The molecule has 146 valence electrons. The summed E-state index contributed by atoms with van der Waals surface area (Å²) in [5, 5.41) is 14.1. The molecule has 0 bridgehead atoms. The van der Waals surface area contributed by atoms with Crippen LogP contribution in [0.25, 0.3) is 0 Å². The lowest BCUT2D eigenvalue weighted by Gasteiger charge is -2.37. The third-order valence-corrected chi connectivity index (χ3v) is 6.26. The molecule has 1 aliphatic heterocycles. The largest absolute Gasteiger partial charge is 0.383 e. The molecule has 0 aliphatic carbocycles. The lowest BCUT2D eigenvalue weighted by atomic mass is 9.88. The van der Waals surface area contributed by atoms with Gasteiger partial charge in [0.25, 0.3) is 0 Å². The standard InChI is InChI=1S/C21H29N3O2S/c1-3-23(4-2)15-19-22-18(16-27-19)21(26)10-12-24(13-11-21)20(25)14-17-8-6-5-7-9-17/h5-9,16,26H,3-4,10-15H2,1-2H3. The average Bonchev–Trinajstić information content (AvgIpc) is 3.17. The monoisotopic (exact) mass is 387 g/mol. The van der Waals surface area contributed by atoms with Gasteiger partial charge in [-0.2, -0.15) is 0 Å². The van der Waals surface area contributed by atoms with Crippen molar-refractivity contribution in [1.82, 2.24) is 14.8 Å². The normalized spacial score (nSPS) is 16.7. The van der Waals surface area contributed by atoms with Crippen LogP contribution in [0.5, 0.6) is 0 Å². The molecule has 0 unspecified atom stereocenters. The Morgan fingerprint density at radius 3 is 2.52 bits per heavy atom. The predicted octanol–water partition coefficient (Wildman–Crippen LogP) is 3.04. The molecule has 2 aromatic rings. The van der Waals surface area contributed by atoms with Crippen molar-refractivity contribution in [2.24, 2.45) is 0 Å². The number of benzene rings is 1. The molecule has 1 saturated heterocycles. The first kappa shape index (κ1) is 20.0. The van der Waals surface area contributed by atoms with E-state index in [2.05, 4.69) is 18.7 Å². The fourth-order valence-electron chi connectivity index (χ4n) is 3.50. The summed E-state index contributed by atoms with van der Waals surface area (Å²) in [5.41, 5.74) is 0.885. The number of hydrogen-bond donors (Lipinski definition) is 1. The van der Waals surface area contributed by atoms with Crippen LogP contribution >= 0.6 is 11.3 Å². The molecule has 6 heteroatoms. The van der Waals surface area contributed by atoms with Gasteiger partial charge in [0.1, 0.15) is 10.6 Å². The number of nitrogens with zero attached hydrogens (tertiary/aromatic N) is 3. The zero-order valence-corrected chi connectivity index (χ0v) is 17.0. The van der Waals surface area contributed by atoms with Gasteiger partial charge >= 0.3 is 0 Å². The van der Waals surface area contributed by atoms with Crippen molar-refractivity contribution < 1.29 is 9.90 Å². The van der Waals surface area contributed by atoms with Gasteiger partial charge in [-0.1, -0.05) is 44.2 Å². The summed E-state index contributed by atoms with van der Waals surface area (Å²) in [7, 11) is 0. The van der Waals surface area contributed by atoms with Gasteiger partial charge in [0.2, 0.25) is 5.91 Å². The minimum atomic E-state index is -0.915. The Morgan fingerprint density at radius 2 is 1.89 bits per heavy atom. The van der Waals surface area contributed by atoms with Crippen LogP contribution in [-0.4, -0.2) is 52.0 Å². The quantitative estimate of drug-likeness (QED) is 0.793. The Bertz CT molecular complexity index is 735. The number of aromatic nitrogens is 1. The van der Waals surface area contributed by atoms with Crippen LogP contribution in [0.15, 0.2) is 35.7 Å². The lowest BCUT2D eigenvalue weighted by Crippen LogP contribution is -2.45. The molecule has 0 atom stereocenters. The Labute approximate surface area is 165 Å². The van der Waals surface area contributed by atoms with Crippen LogP contribution in [0.2, 0.25) is 0 Å². The predicted molar refractivity (Wildman–Crippen MR) is 109 cm³/mol. The Morgan fingerprint density at radius 1 is 1.22 bits per heavy atom. The third-order valence-electron chi connectivity index (χ3n) is 5.42. The number of hydrogen-bond acceptors (Lipinski definition) is 5. The summed E-state index contributed by atoms with van der Waals surface area (Å²) >= 11 is 1.62. The van der Waals surface area contributed by atoms with E-state index in [1.807, 2.05) is 40.6 Å². The summed E-state index contributed by atoms with van der Waals surface area (Å²) in [6, 6.07) is 9.82. The van der Waals surface area contributed by atoms with Crippen molar-refractivity contribution in [3.05, 3.63) is 52.0 Å². The highest BCUT2D eigenvalue weighted by Crippen LogP contribution is 2.33. The fraction of sp³-hybridized carbons (Fsp3) is 0.524. The third kappa shape index (κ3) is 4.94. The summed E-state index contributed by atoms with van der Waals surface area (Å²) in [6.07, 6.45) is 1.51. The second-order valence-corrected chi connectivity index (χ2v) is 8.11. The molecule has 2 heterocycles. The highest BCUT2D eigenvalue weighted by atomic mass is 32.1. The lowest BCUT2D eigenvalue weighted by molar-refractivity contribution is -0.135. The van der Waals surface area contributed by atoms with E-state index in [9.17, 15) is 9.90 Å². The van der Waals surface area contributed by atoms with Gasteiger partial charge in [-0.05, 0) is 31.5 Å². The van der Waals surface area contributed by atoms with Gasteiger partial charge in [0.15, 0.2) is 0 Å². The van der Waals surface area contributed by atoms with E-state index >= 15 is 0 Å². The summed E-state index contributed by atoms with van der Waals surface area (Å²) in [4.78, 5) is 21.4. The number of piperidine rings is 1. The van der Waals surface area contributed by atoms with Gasteiger partial charge < -0.3 is 10.0 Å². The second kappa shape index (κ2) is 8.95. The molecule has 1 N–H and O–H groups in total. The second-order valence-electron chi connectivity index (χ2n) is 7.16. The number of likely N-dealkylation sites (tertiary alicyclic amines) is 1. The van der Waals surface area contributed by atoms with E-state index in [4.69, 9.17) is 4.98 Å². The molecule has 5 nitrogen and oxygen atoms in total. The van der Waals surface area contributed by atoms with Crippen molar-refractivity contribution in [2.45, 2.75) is 45.3 Å². The van der Waals surface area contributed by atoms with E-state index < -0.39 is 5.60 Å². The van der Waals surface area contributed by atoms with Crippen molar-refractivity contribution in [2.75, 3.05) is 26.2 Å². The van der Waals surface area contributed by atoms with E-state index in [1.54, 1.807) is 11.3 Å². The van der Waals surface area contributed by atoms with Gasteiger partial charge in [-0.3, -0.25) is 9.69 Å². The zero-order valence-electron chi connectivity index (χ0n) is 16.2. The number of carbonyl (C=O) groups excluding carboxylic acids is 1. The molecule has 1 amide bonds. The van der Waals surface area contributed by atoms with Gasteiger partial charge in [-0.15, -0.1) is 11.3 Å². The van der Waals surface area contributed by atoms with Gasteiger partial charge in [0, 0.05) is 18.5 Å². The maximum absolute atomic E-state index is 12.5. The SMILES string of the molecule is CCN(CC)Cc1nc(C2(O)CCN(C(=O)Cc3ccccc3)CC2)cs1. The van der Waals surface area contributed by atoms with Crippen molar-refractivity contribution in [3.63, 3.8) is 0 Å². The van der Waals surface area contributed by atoms with Gasteiger partial charge in [-0.25, -0.2) is 4.98 Å². The zero-order chi connectivity index (χ0) is 19.3. The molecule has 0 saturated carbocycles. The van der Waals surface area contributed by atoms with Crippen molar-refractivity contribution in [1.29, 1.82) is 0 Å². The summed E-state index contributed by atoms with van der Waals surface area (Å²) < 4.78 is 0. The molecular formula is C21H29N3O2S. The molecule has 1 fully saturated rings. The minimum absolute atomic E-state index is 0.128. The smallest absolute Gasteiger partial charge is 0.226 e. The van der Waals surface area contributed by atoms with E-state index in [1.165, 1.54) is 0 Å². The molecule has 27 heavy (non-hydrogen) atoms. The van der Waals surface area contributed by atoms with Crippen LogP contribution < -0.4 is 0 Å². The van der Waals surface area contributed by atoms with E-state index in [-0.39, 0.29) is 5.91 Å². The van der Waals surface area contributed by atoms with Crippen LogP contribution in [0, 0.1) is 0 Å². The minimum Gasteiger partial charge on any atom is -0.383 e. The van der Waals surface area contributed by atoms with Crippen LogP contribution in [0.1, 0.15) is 43.0 Å². The van der Waals surface area contributed by atoms with E-state index in [0.717, 1.165) is 35.9 Å². The molecule has 1 aromatic carbocycles. The highest BCUT2D eigenvalue weighted by molar-refractivity contribution is 7.09. The van der Waals surface area contributed by atoms with Gasteiger partial charge in [0.05, 0.1) is 18.7 Å². The topological polar surface area (TPSA) is 56.7 Å². The average molecular weight is 388 g/mol. The highest BCUT2D eigenvalue weighted by Gasteiger charge is 2.37. The molecular weight excluding hydrogens is 358 g/mol. The molecule has 1 aliphatic rings. The molecule has 1 aromatic heterocycles. The summed E-state index contributed by atoms with van der Waals surface area (Å²) in [5.74, 6) is 0.128. The maximum atomic E-state index is 12.5. The number of thiazole rings is 1. The number of aliphatic hydroxyl groups is 1. The number of amides is 1. The van der Waals surface area contributed by atoms with Crippen LogP contribution in [0.3, 0.4) is 0 Å². The Kier molecular flexibility index (Phi) is 6.63. The van der Waals surface area contributed by atoms with Crippen LogP contribution in [0.4, 0.5) is 0 Å². The van der Waals surface area contributed by atoms with Crippen molar-refractivity contribution in [3.8, 4) is 0 Å². The number of rotatable bonds is 7. The first-order chi connectivity index (χ1) is 13.0. The summed E-state index contributed by atoms with van der Waals surface area (Å²) in [6.45, 7) is 8.26. The first-order valence-electron chi connectivity index (χ1n) is 9.75. The molecule has 0 spiro atoms. The maximum Gasteiger partial charge on any atom is 0.226 e. The number of carbonyl (C=O) groups is 1. The first-order valence-corrected chi connectivity index (χ1v) is 10.6.